The van der Waals surface area contributed by atoms with Crippen LogP contribution < -0.4 is 16.0 Å². The van der Waals surface area contributed by atoms with Gasteiger partial charge >= 0.3 is 0 Å². The number of fused-ring (bicyclic) bond motifs is 1. The average molecular weight is 440 g/mol. The molecule has 4 nitrogen and oxygen atoms in total. The van der Waals surface area contributed by atoms with Crippen molar-refractivity contribution in [3.63, 3.8) is 0 Å². The molecule has 0 aromatic heterocycles. The Bertz CT molecular complexity index is 783. The molecule has 0 aliphatic carbocycles. The van der Waals surface area contributed by atoms with E-state index in [4.69, 9.17) is 5.73 Å². The topological polar surface area (TPSA) is 58.4 Å². The molecule has 0 radical (unpaired) electrons. The second-order valence-corrected chi connectivity index (χ2v) is 9.34. The number of unbranched alkanes of at least 4 members (excludes halogenated alkanes) is 3. The van der Waals surface area contributed by atoms with Crippen LogP contribution in [0.25, 0.3) is 0 Å². The molecule has 2 unspecified atom stereocenters. The van der Waals surface area contributed by atoms with Gasteiger partial charge in [-0.2, -0.15) is 0 Å². The number of nitrogens with two attached hydrogens (primary N) is 1. The molecule has 1 aliphatic rings. The molecule has 178 valence electrons. The SMILES string of the molecule is C=C1Nc2ccc(C(CCC)CCCCCC)cc2N1C(CCC(C)=CN)C(=O)CCC. The van der Waals surface area contributed by atoms with E-state index in [1.807, 2.05) is 6.92 Å². The van der Waals surface area contributed by atoms with Crippen LogP contribution in [0.3, 0.4) is 0 Å². The molecule has 0 saturated carbocycles. The Balaban J connectivity index is 2.32. The fraction of sp³-hybridized carbons (Fsp3) is 0.607. The average Bonchev–Trinajstić information content (AvgIpc) is 3.11. The van der Waals surface area contributed by atoms with Gasteiger partial charge in [0.1, 0.15) is 5.82 Å². The van der Waals surface area contributed by atoms with Crippen molar-refractivity contribution >= 4 is 17.2 Å². The molecule has 1 aromatic rings. The number of ketones is 1. The summed E-state index contributed by atoms with van der Waals surface area (Å²) in [7, 11) is 0. The molecule has 0 saturated heterocycles. The van der Waals surface area contributed by atoms with Crippen LogP contribution in [0.2, 0.25) is 0 Å². The van der Waals surface area contributed by atoms with Crippen LogP contribution in [0.1, 0.15) is 110 Å². The first-order valence-corrected chi connectivity index (χ1v) is 12.8. The van der Waals surface area contributed by atoms with Crippen LogP contribution in [-0.4, -0.2) is 11.8 Å². The summed E-state index contributed by atoms with van der Waals surface area (Å²) in [4.78, 5) is 15.3. The van der Waals surface area contributed by atoms with Crippen LogP contribution in [0.5, 0.6) is 0 Å². The standard InChI is InChI=1S/C28H45N3O/c1-6-9-10-11-14-23(12-7-2)24-16-17-25-27(19-24)31(22(5)30-25)26(28(32)13-8-3)18-15-21(4)20-29/h16-17,19-20,23,26,30H,5-15,18,29H2,1-4H3. The number of allylic oxidation sites excluding steroid dienone is 1. The first kappa shape index (κ1) is 26.0. The Morgan fingerprint density at radius 3 is 2.50 bits per heavy atom. The number of Topliss-reactive ketones (excluding diaryl/α,β-unsaturated/α-hetero) is 1. The van der Waals surface area contributed by atoms with Gasteiger partial charge in [-0.1, -0.05) is 71.1 Å². The maximum Gasteiger partial charge on any atom is 0.155 e. The van der Waals surface area contributed by atoms with Crippen molar-refractivity contribution in [2.24, 2.45) is 5.73 Å². The Hall–Kier alpha value is -2.23. The van der Waals surface area contributed by atoms with Gasteiger partial charge in [0.05, 0.1) is 17.4 Å². The normalized spacial score (nSPS) is 15.4. The number of carbonyl (C=O) groups is 1. The number of benzene rings is 1. The highest BCUT2D eigenvalue weighted by Crippen LogP contribution is 2.42. The summed E-state index contributed by atoms with van der Waals surface area (Å²) in [5, 5.41) is 3.42. The fourth-order valence-corrected chi connectivity index (χ4v) is 4.76. The maximum absolute atomic E-state index is 13.1. The third-order valence-corrected chi connectivity index (χ3v) is 6.64. The molecule has 0 fully saturated rings. The predicted molar refractivity (Wildman–Crippen MR) is 139 cm³/mol. The third-order valence-electron chi connectivity index (χ3n) is 6.64. The van der Waals surface area contributed by atoms with E-state index in [0.717, 1.165) is 42.0 Å². The van der Waals surface area contributed by atoms with Gasteiger partial charge in [0, 0.05) is 6.42 Å². The number of carbonyl (C=O) groups excluding carboxylic acids is 1. The highest BCUT2D eigenvalue weighted by atomic mass is 16.1. The van der Waals surface area contributed by atoms with Gasteiger partial charge in [0.15, 0.2) is 5.78 Å². The first-order valence-electron chi connectivity index (χ1n) is 12.8. The van der Waals surface area contributed by atoms with E-state index in [1.54, 1.807) is 6.20 Å². The molecule has 32 heavy (non-hydrogen) atoms. The minimum Gasteiger partial charge on any atom is -0.405 e. The molecule has 2 atom stereocenters. The van der Waals surface area contributed by atoms with Gasteiger partial charge in [-0.3, -0.25) is 4.79 Å². The molecule has 2 rings (SSSR count). The minimum absolute atomic E-state index is 0.212. The molecule has 0 amide bonds. The summed E-state index contributed by atoms with van der Waals surface area (Å²) in [6.07, 6.45) is 13.5. The lowest BCUT2D eigenvalue weighted by Gasteiger charge is -2.30. The van der Waals surface area contributed by atoms with Crippen LogP contribution >= 0.6 is 0 Å². The Kier molecular flexibility index (Phi) is 10.9. The van der Waals surface area contributed by atoms with E-state index in [9.17, 15) is 4.79 Å². The van der Waals surface area contributed by atoms with E-state index in [1.165, 1.54) is 50.5 Å². The van der Waals surface area contributed by atoms with Crippen LogP contribution in [0.4, 0.5) is 11.4 Å². The monoisotopic (exact) mass is 439 g/mol. The van der Waals surface area contributed by atoms with Crippen LogP contribution in [0.15, 0.2) is 42.4 Å². The molecule has 1 aliphatic heterocycles. The fourth-order valence-electron chi connectivity index (χ4n) is 4.76. The Morgan fingerprint density at radius 1 is 1.06 bits per heavy atom. The van der Waals surface area contributed by atoms with Crippen LogP contribution in [0, 0.1) is 0 Å². The summed E-state index contributed by atoms with van der Waals surface area (Å²) in [5.74, 6) is 1.66. The molecule has 3 N–H and O–H groups in total. The van der Waals surface area contributed by atoms with Gasteiger partial charge in [-0.05, 0) is 68.8 Å². The molecule has 0 spiro atoms. The second kappa shape index (κ2) is 13.3. The zero-order valence-electron chi connectivity index (χ0n) is 20.9. The summed E-state index contributed by atoms with van der Waals surface area (Å²) >= 11 is 0. The number of hydrogen-bond acceptors (Lipinski definition) is 4. The molecule has 0 bridgehead atoms. The largest absolute Gasteiger partial charge is 0.405 e. The summed E-state index contributed by atoms with van der Waals surface area (Å²) in [6, 6.07) is 6.55. The predicted octanol–water partition coefficient (Wildman–Crippen LogP) is 7.62. The van der Waals surface area contributed by atoms with Crippen molar-refractivity contribution in [2.75, 3.05) is 10.2 Å². The van der Waals surface area contributed by atoms with Gasteiger partial charge in [-0.25, -0.2) is 0 Å². The Labute approximate surface area is 196 Å². The van der Waals surface area contributed by atoms with Gasteiger partial charge in [-0.15, -0.1) is 0 Å². The molecule has 1 heterocycles. The van der Waals surface area contributed by atoms with Crippen molar-refractivity contribution < 1.29 is 4.79 Å². The van der Waals surface area contributed by atoms with E-state index >= 15 is 0 Å². The second-order valence-electron chi connectivity index (χ2n) is 9.34. The van der Waals surface area contributed by atoms with Gasteiger partial charge < -0.3 is 16.0 Å². The molecular formula is C28H45N3O. The van der Waals surface area contributed by atoms with E-state index in [0.29, 0.717) is 12.3 Å². The van der Waals surface area contributed by atoms with E-state index < -0.39 is 0 Å². The van der Waals surface area contributed by atoms with Crippen molar-refractivity contribution in [3.8, 4) is 0 Å². The first-order chi connectivity index (χ1) is 15.5. The number of rotatable bonds is 15. The van der Waals surface area contributed by atoms with Crippen molar-refractivity contribution in [1.29, 1.82) is 0 Å². The maximum atomic E-state index is 13.1. The minimum atomic E-state index is -0.212. The summed E-state index contributed by atoms with van der Waals surface area (Å²) < 4.78 is 0. The van der Waals surface area contributed by atoms with Crippen molar-refractivity contribution in [3.05, 3.63) is 47.9 Å². The number of nitrogens with one attached hydrogen (secondary N) is 1. The van der Waals surface area contributed by atoms with Crippen molar-refractivity contribution in [1.82, 2.24) is 0 Å². The molecular weight excluding hydrogens is 394 g/mol. The zero-order valence-corrected chi connectivity index (χ0v) is 20.9. The van der Waals surface area contributed by atoms with E-state index in [-0.39, 0.29) is 11.8 Å². The molecule has 1 aromatic carbocycles. The number of hydrogen-bond donors (Lipinski definition) is 2. The Morgan fingerprint density at radius 2 is 1.84 bits per heavy atom. The smallest absolute Gasteiger partial charge is 0.155 e. The number of nitrogens with zero attached hydrogens (tertiary/aromatic N) is 1. The van der Waals surface area contributed by atoms with Crippen LogP contribution in [-0.2, 0) is 4.79 Å². The highest BCUT2D eigenvalue weighted by molar-refractivity contribution is 5.92. The van der Waals surface area contributed by atoms with Gasteiger partial charge in [0.2, 0.25) is 0 Å². The lowest BCUT2D eigenvalue weighted by atomic mass is 9.88. The quantitative estimate of drug-likeness (QED) is 0.276. The van der Waals surface area contributed by atoms with Crippen molar-refractivity contribution in [2.45, 2.75) is 110 Å². The summed E-state index contributed by atoms with van der Waals surface area (Å²) in [5.41, 5.74) is 10.4. The lowest BCUT2D eigenvalue weighted by Crippen LogP contribution is -2.39. The molecule has 4 heteroatoms. The lowest BCUT2D eigenvalue weighted by molar-refractivity contribution is -0.120. The third kappa shape index (κ3) is 6.88. The van der Waals surface area contributed by atoms with E-state index in [2.05, 4.69) is 55.8 Å². The number of anilines is 2. The van der Waals surface area contributed by atoms with Gasteiger partial charge in [0.25, 0.3) is 0 Å². The summed E-state index contributed by atoms with van der Waals surface area (Å²) in [6.45, 7) is 12.9. The highest BCUT2D eigenvalue weighted by Gasteiger charge is 2.33. The zero-order chi connectivity index (χ0) is 23.5.